The van der Waals surface area contributed by atoms with Gasteiger partial charge in [0.2, 0.25) is 21.8 Å². The standard InChI is InChI=1S/C13H26N4O4S/c1-10(2)17-8-6-15-13(19)11(17)9-12(18)14-5-7-16(3)22(4,20)21/h10-11H,5-9H2,1-4H3,(H,14,18)(H,15,19). The van der Waals surface area contributed by atoms with Crippen molar-refractivity contribution in [3.8, 4) is 0 Å². The summed E-state index contributed by atoms with van der Waals surface area (Å²) in [7, 11) is -1.79. The Labute approximate surface area is 132 Å². The first-order chi connectivity index (χ1) is 10.1. The summed E-state index contributed by atoms with van der Waals surface area (Å²) in [5.41, 5.74) is 0. The Morgan fingerprint density at radius 2 is 2.14 bits per heavy atom. The van der Waals surface area contributed by atoms with Crippen LogP contribution in [0.1, 0.15) is 20.3 Å². The highest BCUT2D eigenvalue weighted by Crippen LogP contribution is 2.12. The second-order valence-corrected chi connectivity index (χ2v) is 7.87. The van der Waals surface area contributed by atoms with Crippen molar-refractivity contribution < 1.29 is 18.0 Å². The van der Waals surface area contributed by atoms with E-state index in [2.05, 4.69) is 10.6 Å². The minimum absolute atomic E-state index is 0.0760. The van der Waals surface area contributed by atoms with Gasteiger partial charge in [-0.25, -0.2) is 12.7 Å². The Morgan fingerprint density at radius 3 is 2.68 bits per heavy atom. The van der Waals surface area contributed by atoms with Crippen LogP contribution in [0.5, 0.6) is 0 Å². The van der Waals surface area contributed by atoms with Crippen LogP contribution < -0.4 is 10.6 Å². The van der Waals surface area contributed by atoms with Gasteiger partial charge in [-0.2, -0.15) is 0 Å². The highest BCUT2D eigenvalue weighted by atomic mass is 32.2. The molecule has 2 N–H and O–H groups in total. The molecule has 128 valence electrons. The topological polar surface area (TPSA) is 98.8 Å². The van der Waals surface area contributed by atoms with E-state index in [1.165, 1.54) is 11.4 Å². The fourth-order valence-corrected chi connectivity index (χ4v) is 2.75. The Balaban J connectivity index is 2.47. The van der Waals surface area contributed by atoms with Gasteiger partial charge in [-0.1, -0.05) is 0 Å². The maximum absolute atomic E-state index is 12.0. The van der Waals surface area contributed by atoms with E-state index in [-0.39, 0.29) is 37.4 Å². The van der Waals surface area contributed by atoms with E-state index >= 15 is 0 Å². The van der Waals surface area contributed by atoms with Crippen molar-refractivity contribution >= 4 is 21.8 Å². The zero-order valence-corrected chi connectivity index (χ0v) is 14.4. The molecule has 2 amide bonds. The molecule has 0 aromatic carbocycles. The van der Waals surface area contributed by atoms with Gasteiger partial charge in [-0.3, -0.25) is 14.5 Å². The molecule has 0 bridgehead atoms. The van der Waals surface area contributed by atoms with E-state index in [4.69, 9.17) is 0 Å². The summed E-state index contributed by atoms with van der Waals surface area (Å²) in [6.07, 6.45) is 1.19. The number of sulfonamides is 1. The molecule has 1 unspecified atom stereocenters. The van der Waals surface area contributed by atoms with Crippen LogP contribution in [0, 0.1) is 0 Å². The molecule has 0 radical (unpaired) electrons. The van der Waals surface area contributed by atoms with Crippen molar-refractivity contribution in [1.82, 2.24) is 19.8 Å². The van der Waals surface area contributed by atoms with E-state index < -0.39 is 16.1 Å². The van der Waals surface area contributed by atoms with Gasteiger partial charge in [0.25, 0.3) is 0 Å². The average molecular weight is 334 g/mol. The lowest BCUT2D eigenvalue weighted by Gasteiger charge is -2.37. The molecular weight excluding hydrogens is 308 g/mol. The zero-order valence-electron chi connectivity index (χ0n) is 13.6. The smallest absolute Gasteiger partial charge is 0.237 e. The molecule has 1 atom stereocenters. The number of piperazine rings is 1. The minimum atomic E-state index is -3.25. The number of carbonyl (C=O) groups excluding carboxylic acids is 2. The molecule has 9 heteroatoms. The van der Waals surface area contributed by atoms with Crippen LogP contribution in [-0.4, -0.2) is 81.0 Å². The molecule has 0 spiro atoms. The summed E-state index contributed by atoms with van der Waals surface area (Å²) in [5.74, 6) is -0.391. The summed E-state index contributed by atoms with van der Waals surface area (Å²) in [5, 5.41) is 5.43. The summed E-state index contributed by atoms with van der Waals surface area (Å²) >= 11 is 0. The van der Waals surface area contributed by atoms with E-state index in [0.29, 0.717) is 6.54 Å². The number of hydrogen-bond acceptors (Lipinski definition) is 5. The Morgan fingerprint density at radius 1 is 1.50 bits per heavy atom. The maximum atomic E-state index is 12.0. The van der Waals surface area contributed by atoms with Gasteiger partial charge in [0, 0.05) is 39.3 Å². The number of carbonyl (C=O) groups is 2. The van der Waals surface area contributed by atoms with Gasteiger partial charge >= 0.3 is 0 Å². The van der Waals surface area contributed by atoms with Crippen molar-refractivity contribution in [2.45, 2.75) is 32.4 Å². The molecule has 22 heavy (non-hydrogen) atoms. The van der Waals surface area contributed by atoms with Crippen molar-refractivity contribution in [2.75, 3.05) is 39.5 Å². The quantitative estimate of drug-likeness (QED) is 0.596. The van der Waals surface area contributed by atoms with E-state index in [1.54, 1.807) is 0 Å². The lowest BCUT2D eigenvalue weighted by atomic mass is 10.1. The molecule has 1 fully saturated rings. The molecule has 0 aromatic rings. The predicted molar refractivity (Wildman–Crippen MR) is 83.7 cm³/mol. The Kier molecular flexibility index (Phi) is 6.76. The van der Waals surface area contributed by atoms with Crippen LogP contribution in [0.4, 0.5) is 0 Å². The van der Waals surface area contributed by atoms with Crippen LogP contribution >= 0.6 is 0 Å². The summed E-state index contributed by atoms with van der Waals surface area (Å²) in [6.45, 7) is 5.72. The Bertz CT molecular complexity index is 506. The molecule has 0 aromatic heterocycles. The highest BCUT2D eigenvalue weighted by Gasteiger charge is 2.32. The van der Waals surface area contributed by atoms with Gasteiger partial charge < -0.3 is 10.6 Å². The van der Waals surface area contributed by atoms with Crippen LogP contribution in [0.3, 0.4) is 0 Å². The SMILES string of the molecule is CC(C)N1CCNC(=O)C1CC(=O)NCCN(C)S(C)(=O)=O. The molecule has 0 saturated carbocycles. The summed E-state index contributed by atoms with van der Waals surface area (Å²) < 4.78 is 23.6. The molecule has 1 rings (SSSR count). The molecule has 1 heterocycles. The zero-order chi connectivity index (χ0) is 16.9. The fraction of sp³-hybridized carbons (Fsp3) is 0.846. The second-order valence-electron chi connectivity index (χ2n) is 5.78. The van der Waals surface area contributed by atoms with Gasteiger partial charge in [0.05, 0.1) is 18.7 Å². The third-order valence-corrected chi connectivity index (χ3v) is 5.04. The minimum Gasteiger partial charge on any atom is -0.355 e. The lowest BCUT2D eigenvalue weighted by molar-refractivity contribution is -0.134. The van der Waals surface area contributed by atoms with Crippen LogP contribution in [0.15, 0.2) is 0 Å². The molecule has 8 nitrogen and oxygen atoms in total. The van der Waals surface area contributed by atoms with Crippen LogP contribution in [-0.2, 0) is 19.6 Å². The number of hydrogen-bond donors (Lipinski definition) is 2. The first kappa shape index (κ1) is 18.9. The first-order valence-corrected chi connectivity index (χ1v) is 9.19. The molecule has 0 aliphatic carbocycles. The monoisotopic (exact) mass is 334 g/mol. The van der Waals surface area contributed by atoms with Gasteiger partial charge in [0.15, 0.2) is 0 Å². The van der Waals surface area contributed by atoms with Crippen molar-refractivity contribution in [3.63, 3.8) is 0 Å². The number of amides is 2. The third kappa shape index (κ3) is 5.54. The van der Waals surface area contributed by atoms with E-state index in [9.17, 15) is 18.0 Å². The number of nitrogens with one attached hydrogen (secondary N) is 2. The van der Waals surface area contributed by atoms with Crippen molar-refractivity contribution in [3.05, 3.63) is 0 Å². The lowest BCUT2D eigenvalue weighted by Crippen LogP contribution is -2.58. The second kappa shape index (κ2) is 7.89. The van der Waals surface area contributed by atoms with E-state index in [1.807, 2.05) is 18.7 Å². The predicted octanol–water partition coefficient (Wildman–Crippen LogP) is -1.41. The Hall–Kier alpha value is -1.19. The molecular formula is C13H26N4O4S. The van der Waals surface area contributed by atoms with E-state index in [0.717, 1.165) is 12.8 Å². The molecule has 1 aliphatic rings. The maximum Gasteiger partial charge on any atom is 0.237 e. The normalized spacial score (nSPS) is 20.3. The fourth-order valence-electron chi connectivity index (χ4n) is 2.33. The first-order valence-electron chi connectivity index (χ1n) is 7.34. The largest absolute Gasteiger partial charge is 0.355 e. The third-order valence-electron chi connectivity index (χ3n) is 3.73. The van der Waals surface area contributed by atoms with Gasteiger partial charge in [0.1, 0.15) is 0 Å². The van der Waals surface area contributed by atoms with Crippen LogP contribution in [0.2, 0.25) is 0 Å². The van der Waals surface area contributed by atoms with Gasteiger partial charge in [-0.15, -0.1) is 0 Å². The number of nitrogens with zero attached hydrogens (tertiary/aromatic N) is 2. The van der Waals surface area contributed by atoms with Gasteiger partial charge in [-0.05, 0) is 13.8 Å². The van der Waals surface area contributed by atoms with Crippen molar-refractivity contribution in [1.29, 1.82) is 0 Å². The van der Waals surface area contributed by atoms with Crippen molar-refractivity contribution in [2.24, 2.45) is 0 Å². The number of likely N-dealkylation sites (N-methyl/N-ethyl adjacent to an activating group) is 1. The number of rotatable bonds is 7. The molecule has 1 saturated heterocycles. The highest BCUT2D eigenvalue weighted by molar-refractivity contribution is 7.88. The summed E-state index contributed by atoms with van der Waals surface area (Å²) in [6, 6.07) is -0.290. The average Bonchev–Trinajstić information content (AvgIpc) is 2.39. The summed E-state index contributed by atoms with van der Waals surface area (Å²) in [4.78, 5) is 25.9. The molecule has 1 aliphatic heterocycles. The van der Waals surface area contributed by atoms with Crippen LogP contribution in [0.25, 0.3) is 0 Å².